The van der Waals surface area contributed by atoms with Crippen LogP contribution in [-0.2, 0) is 33.0 Å². The van der Waals surface area contributed by atoms with E-state index in [1.807, 2.05) is 80.0 Å². The lowest BCUT2D eigenvalue weighted by molar-refractivity contribution is 0.0658. The lowest BCUT2D eigenvalue weighted by atomic mass is 9.90. The maximum absolute atomic E-state index is 14.9. The molecular weight excluding hydrogens is 705 g/mol. The number of anilines is 2. The van der Waals surface area contributed by atoms with E-state index in [1.165, 1.54) is 5.56 Å². The molecule has 290 valence electrons. The van der Waals surface area contributed by atoms with Gasteiger partial charge in [0.1, 0.15) is 5.75 Å². The van der Waals surface area contributed by atoms with Crippen LogP contribution in [0.3, 0.4) is 0 Å². The summed E-state index contributed by atoms with van der Waals surface area (Å²) in [5.41, 5.74) is 8.99. The Balaban J connectivity index is 1.23. The smallest absolute Gasteiger partial charge is 0.415 e. The van der Waals surface area contributed by atoms with E-state index >= 15 is 0 Å². The van der Waals surface area contributed by atoms with Gasteiger partial charge in [0.05, 0.1) is 11.3 Å². The van der Waals surface area contributed by atoms with E-state index in [-0.39, 0.29) is 30.2 Å². The summed E-state index contributed by atoms with van der Waals surface area (Å²) in [6.45, 7) is 6.74. The molecular formula is C45H50N6O5. The molecule has 5 aromatic rings. The summed E-state index contributed by atoms with van der Waals surface area (Å²) >= 11 is 0. The molecule has 2 aliphatic rings. The van der Waals surface area contributed by atoms with Crippen molar-refractivity contribution in [2.45, 2.75) is 45.8 Å². The average molecular weight is 755 g/mol. The van der Waals surface area contributed by atoms with Crippen molar-refractivity contribution in [2.24, 2.45) is 7.05 Å². The van der Waals surface area contributed by atoms with Crippen LogP contribution >= 0.6 is 0 Å². The molecule has 0 spiro atoms. The topological polar surface area (TPSA) is 111 Å². The lowest BCUT2D eigenvalue weighted by Crippen LogP contribution is -2.43. The number of amides is 3. The zero-order valence-electron chi connectivity index (χ0n) is 33.0. The van der Waals surface area contributed by atoms with Crippen molar-refractivity contribution in [1.29, 1.82) is 0 Å². The van der Waals surface area contributed by atoms with Gasteiger partial charge >= 0.3 is 6.09 Å². The minimum Gasteiger partial charge on any atom is -0.508 e. The van der Waals surface area contributed by atoms with Crippen LogP contribution in [0.25, 0.3) is 11.3 Å². The standard InChI is InChI=1S/C45H50N6O5/c1-29-23-31-11-7-8-12-33(31)28-51(29)44(54)39-25-34-27-50(45(55)56-42-14-10-9-13-40(42)46-20-22-47(3)4)21-19-32(34)24-38(39)41-26-37(30(2)48(41)5)43(53)49(6)35-15-17-36(52)18-16-35/h7-18,24-26,29,46,52H,19-23,27-28H2,1-6H3/t29-/m1/s1. The number of nitrogens with one attached hydrogen (secondary N) is 1. The Labute approximate surface area is 328 Å². The number of para-hydroxylation sites is 2. The van der Waals surface area contributed by atoms with Gasteiger partial charge in [0.2, 0.25) is 0 Å². The maximum Gasteiger partial charge on any atom is 0.415 e. The number of nitrogens with zero attached hydrogens (tertiary/aromatic N) is 5. The van der Waals surface area contributed by atoms with Crippen LogP contribution in [0.1, 0.15) is 55.6 Å². The van der Waals surface area contributed by atoms with Crippen LogP contribution in [0.15, 0.2) is 91.0 Å². The molecule has 2 aliphatic heterocycles. The van der Waals surface area contributed by atoms with E-state index in [9.17, 15) is 19.5 Å². The monoisotopic (exact) mass is 754 g/mol. The fraction of sp³-hybridized carbons (Fsp3) is 0.311. The number of phenolic OH excluding ortho intramolecular Hbond substituents is 1. The number of likely N-dealkylation sites (N-methyl/N-ethyl adjacent to an activating group) is 1. The van der Waals surface area contributed by atoms with Gasteiger partial charge < -0.3 is 39.3 Å². The van der Waals surface area contributed by atoms with E-state index in [4.69, 9.17) is 4.74 Å². The number of hydrogen-bond donors (Lipinski definition) is 2. The second-order valence-corrected chi connectivity index (χ2v) is 15.2. The fourth-order valence-electron chi connectivity index (χ4n) is 7.68. The van der Waals surface area contributed by atoms with Crippen LogP contribution < -0.4 is 15.0 Å². The first-order chi connectivity index (χ1) is 26.9. The molecule has 3 amide bonds. The minimum atomic E-state index is -0.449. The van der Waals surface area contributed by atoms with Gasteiger partial charge in [-0.2, -0.15) is 0 Å². The molecule has 0 saturated carbocycles. The number of ether oxygens (including phenoxy) is 1. The highest BCUT2D eigenvalue weighted by molar-refractivity contribution is 6.08. The predicted molar refractivity (Wildman–Crippen MR) is 220 cm³/mol. The van der Waals surface area contributed by atoms with Crippen molar-refractivity contribution in [1.82, 2.24) is 19.3 Å². The fourth-order valence-corrected chi connectivity index (χ4v) is 7.68. The van der Waals surface area contributed by atoms with E-state index in [0.29, 0.717) is 48.6 Å². The highest BCUT2D eigenvalue weighted by Gasteiger charge is 2.33. The van der Waals surface area contributed by atoms with Crippen molar-refractivity contribution in [2.75, 3.05) is 51.0 Å². The molecule has 7 rings (SSSR count). The summed E-state index contributed by atoms with van der Waals surface area (Å²) in [7, 11) is 7.64. The summed E-state index contributed by atoms with van der Waals surface area (Å²) < 4.78 is 7.94. The van der Waals surface area contributed by atoms with Crippen LogP contribution in [0.2, 0.25) is 0 Å². The maximum atomic E-state index is 14.9. The Morgan fingerprint density at radius 1 is 0.857 bits per heavy atom. The molecule has 1 aromatic heterocycles. The lowest BCUT2D eigenvalue weighted by Gasteiger charge is -2.36. The van der Waals surface area contributed by atoms with Gasteiger partial charge in [-0.05, 0) is 118 Å². The van der Waals surface area contributed by atoms with Gasteiger partial charge in [0, 0.05) is 81.1 Å². The normalized spacial score (nSPS) is 14.9. The number of benzene rings is 4. The second-order valence-electron chi connectivity index (χ2n) is 15.2. The van der Waals surface area contributed by atoms with Gasteiger partial charge in [-0.25, -0.2) is 4.79 Å². The van der Waals surface area contributed by atoms with Gasteiger partial charge in [0.15, 0.2) is 5.75 Å². The third kappa shape index (κ3) is 7.72. The summed E-state index contributed by atoms with van der Waals surface area (Å²) in [6.07, 6.45) is 0.870. The molecule has 4 aromatic carbocycles. The molecule has 2 N–H and O–H groups in total. The number of hydrogen-bond acceptors (Lipinski definition) is 7. The summed E-state index contributed by atoms with van der Waals surface area (Å²) in [6, 6.07) is 28.1. The van der Waals surface area contributed by atoms with Crippen LogP contribution in [0.4, 0.5) is 16.2 Å². The average Bonchev–Trinajstić information content (AvgIpc) is 3.49. The van der Waals surface area contributed by atoms with Crippen molar-refractivity contribution >= 4 is 29.3 Å². The predicted octanol–water partition coefficient (Wildman–Crippen LogP) is 7.10. The first-order valence-corrected chi connectivity index (χ1v) is 19.1. The van der Waals surface area contributed by atoms with Gasteiger partial charge in [0.25, 0.3) is 11.8 Å². The van der Waals surface area contributed by atoms with Crippen LogP contribution in [-0.4, -0.2) is 89.1 Å². The third-order valence-corrected chi connectivity index (χ3v) is 11.2. The Kier molecular flexibility index (Phi) is 10.9. The van der Waals surface area contributed by atoms with Crippen LogP contribution in [0, 0.1) is 6.92 Å². The number of carbonyl (C=O) groups is 3. The highest BCUT2D eigenvalue weighted by atomic mass is 16.6. The first kappa shape index (κ1) is 38.2. The molecule has 3 heterocycles. The molecule has 0 fully saturated rings. The molecule has 0 aliphatic carbocycles. The highest BCUT2D eigenvalue weighted by Crippen LogP contribution is 2.36. The molecule has 11 heteroatoms. The number of aromatic hydroxyl groups is 1. The second kappa shape index (κ2) is 16.0. The molecule has 0 radical (unpaired) electrons. The number of carbonyl (C=O) groups excluding carboxylic acids is 3. The van der Waals surface area contributed by atoms with Crippen molar-refractivity contribution in [3.8, 4) is 22.8 Å². The molecule has 0 saturated heterocycles. The third-order valence-electron chi connectivity index (χ3n) is 11.2. The quantitative estimate of drug-likeness (QED) is 0.165. The number of phenols is 1. The molecule has 0 bridgehead atoms. The van der Waals surface area contributed by atoms with Gasteiger partial charge in [-0.3, -0.25) is 9.59 Å². The van der Waals surface area contributed by atoms with Crippen molar-refractivity contribution in [3.63, 3.8) is 0 Å². The molecule has 11 nitrogen and oxygen atoms in total. The number of rotatable bonds is 9. The Morgan fingerprint density at radius 3 is 2.32 bits per heavy atom. The van der Waals surface area contributed by atoms with Crippen LogP contribution in [0.5, 0.6) is 11.5 Å². The molecule has 0 unspecified atom stereocenters. The number of aromatic nitrogens is 1. The Hall–Kier alpha value is -6.07. The molecule has 56 heavy (non-hydrogen) atoms. The Bertz CT molecular complexity index is 2280. The summed E-state index contributed by atoms with van der Waals surface area (Å²) in [5.74, 6) is 0.284. The Morgan fingerprint density at radius 2 is 1.57 bits per heavy atom. The van der Waals surface area contributed by atoms with Gasteiger partial charge in [-0.15, -0.1) is 0 Å². The summed E-state index contributed by atoms with van der Waals surface area (Å²) in [4.78, 5) is 49.8. The number of fused-ring (bicyclic) bond motifs is 2. The van der Waals surface area contributed by atoms with Crippen molar-refractivity contribution < 1.29 is 24.2 Å². The van der Waals surface area contributed by atoms with E-state index in [1.54, 1.807) is 47.2 Å². The zero-order valence-corrected chi connectivity index (χ0v) is 33.0. The minimum absolute atomic E-state index is 0.0367. The van der Waals surface area contributed by atoms with E-state index in [2.05, 4.69) is 35.3 Å². The largest absolute Gasteiger partial charge is 0.508 e. The molecule has 1 atom stereocenters. The van der Waals surface area contributed by atoms with E-state index in [0.717, 1.165) is 52.3 Å². The SMILES string of the molecule is Cc1c(C(=O)N(C)c2ccc(O)cc2)cc(-c2cc3c(cc2C(=O)N2Cc4ccccc4C[C@H]2C)CN(C(=O)Oc2ccccc2NCCN(C)C)CC3)n1C. The van der Waals surface area contributed by atoms with Gasteiger partial charge in [-0.1, -0.05) is 36.4 Å². The first-order valence-electron chi connectivity index (χ1n) is 19.1. The van der Waals surface area contributed by atoms with Crippen molar-refractivity contribution in [3.05, 3.63) is 130 Å². The summed E-state index contributed by atoms with van der Waals surface area (Å²) in [5, 5.41) is 13.2. The zero-order chi connectivity index (χ0) is 39.7. The van der Waals surface area contributed by atoms with E-state index < -0.39 is 6.09 Å².